The van der Waals surface area contributed by atoms with Crippen molar-refractivity contribution < 1.29 is 9.47 Å². The smallest absolute Gasteiger partial charge is 0.179 e. The van der Waals surface area contributed by atoms with Crippen LogP contribution in [-0.4, -0.2) is 44.3 Å². The quantitative estimate of drug-likeness (QED) is 0.926. The molecule has 0 aromatic heterocycles. The van der Waals surface area contributed by atoms with E-state index in [0.717, 1.165) is 31.7 Å². The van der Waals surface area contributed by atoms with Gasteiger partial charge in [-0.05, 0) is 25.5 Å². The highest BCUT2D eigenvalue weighted by Crippen LogP contribution is 2.37. The number of piperazine rings is 1. The summed E-state index contributed by atoms with van der Waals surface area (Å²) in [5, 5.41) is 4.15. The summed E-state index contributed by atoms with van der Waals surface area (Å²) >= 11 is 6.44. The average Bonchev–Trinajstić information content (AvgIpc) is 2.39. The van der Waals surface area contributed by atoms with Gasteiger partial charge in [0.05, 0.1) is 19.2 Å². The van der Waals surface area contributed by atoms with Crippen LogP contribution in [0, 0.1) is 0 Å². The molecule has 1 saturated heterocycles. The van der Waals surface area contributed by atoms with Crippen LogP contribution >= 0.6 is 11.6 Å². The second-order valence-corrected chi connectivity index (χ2v) is 6.17. The van der Waals surface area contributed by atoms with Gasteiger partial charge in [0.2, 0.25) is 0 Å². The summed E-state index contributed by atoms with van der Waals surface area (Å²) in [6, 6.07) is 3.92. The van der Waals surface area contributed by atoms with Crippen LogP contribution in [0.4, 0.5) is 0 Å². The van der Waals surface area contributed by atoms with Gasteiger partial charge in [-0.25, -0.2) is 0 Å². The van der Waals surface area contributed by atoms with Crippen LogP contribution in [-0.2, 0) is 6.54 Å². The first-order valence-corrected chi connectivity index (χ1v) is 7.21. The number of hydrogen-bond acceptors (Lipinski definition) is 4. The molecule has 1 fully saturated rings. The Morgan fingerprint density at radius 3 is 2.65 bits per heavy atom. The van der Waals surface area contributed by atoms with Gasteiger partial charge in [-0.15, -0.1) is 0 Å². The molecule has 1 aromatic carbocycles. The number of nitrogens with one attached hydrogen (secondary N) is 1. The molecule has 1 aliphatic rings. The maximum absolute atomic E-state index is 6.44. The Bertz CT molecular complexity index is 477. The van der Waals surface area contributed by atoms with Crippen molar-refractivity contribution in [3.05, 3.63) is 22.7 Å². The van der Waals surface area contributed by atoms with E-state index in [1.807, 2.05) is 12.1 Å². The van der Waals surface area contributed by atoms with E-state index in [9.17, 15) is 0 Å². The van der Waals surface area contributed by atoms with Crippen molar-refractivity contribution in [2.45, 2.75) is 25.9 Å². The molecule has 1 aromatic rings. The minimum Gasteiger partial charge on any atom is -0.493 e. The van der Waals surface area contributed by atoms with Crippen molar-refractivity contribution in [1.82, 2.24) is 10.2 Å². The maximum Gasteiger partial charge on any atom is 0.179 e. The van der Waals surface area contributed by atoms with Crippen LogP contribution < -0.4 is 14.8 Å². The molecule has 0 aliphatic carbocycles. The van der Waals surface area contributed by atoms with E-state index in [2.05, 4.69) is 24.1 Å². The summed E-state index contributed by atoms with van der Waals surface area (Å²) in [7, 11) is 3.23. The number of nitrogens with zero attached hydrogens (tertiary/aromatic N) is 1. The molecule has 0 radical (unpaired) electrons. The lowest BCUT2D eigenvalue weighted by Gasteiger charge is -2.39. The molecule has 2 rings (SSSR count). The van der Waals surface area contributed by atoms with Gasteiger partial charge in [0.1, 0.15) is 0 Å². The van der Waals surface area contributed by atoms with E-state index in [-0.39, 0.29) is 5.54 Å². The molecule has 1 aliphatic heterocycles. The van der Waals surface area contributed by atoms with Crippen LogP contribution in [0.2, 0.25) is 5.02 Å². The molecular weight excluding hydrogens is 276 g/mol. The summed E-state index contributed by atoms with van der Waals surface area (Å²) < 4.78 is 10.6. The largest absolute Gasteiger partial charge is 0.493 e. The molecule has 0 atom stereocenters. The summed E-state index contributed by atoms with van der Waals surface area (Å²) in [5.41, 5.74) is 1.21. The zero-order chi connectivity index (χ0) is 14.8. The third kappa shape index (κ3) is 3.37. The van der Waals surface area contributed by atoms with Gasteiger partial charge in [0.25, 0.3) is 0 Å². The van der Waals surface area contributed by atoms with Crippen LogP contribution in [0.3, 0.4) is 0 Å². The molecule has 0 spiro atoms. The van der Waals surface area contributed by atoms with Crippen molar-refractivity contribution in [3.8, 4) is 11.5 Å². The van der Waals surface area contributed by atoms with Crippen molar-refractivity contribution >= 4 is 11.6 Å². The first-order valence-electron chi connectivity index (χ1n) is 6.83. The van der Waals surface area contributed by atoms with E-state index in [1.165, 1.54) is 0 Å². The molecule has 1 N–H and O–H groups in total. The van der Waals surface area contributed by atoms with Gasteiger partial charge in [0.15, 0.2) is 11.5 Å². The lowest BCUT2D eigenvalue weighted by atomic mass is 10.0. The standard InChI is InChI=1S/C15H23ClN2O2/c1-15(2)10-18(8-7-17-15)9-11-5-6-12(19-3)14(20-4)13(11)16/h5-6,17H,7-10H2,1-4H3. The van der Waals surface area contributed by atoms with E-state index in [0.29, 0.717) is 16.5 Å². The van der Waals surface area contributed by atoms with Crippen LogP contribution in [0.25, 0.3) is 0 Å². The van der Waals surface area contributed by atoms with E-state index >= 15 is 0 Å². The van der Waals surface area contributed by atoms with Crippen molar-refractivity contribution in [2.24, 2.45) is 0 Å². The van der Waals surface area contributed by atoms with Gasteiger partial charge < -0.3 is 14.8 Å². The highest BCUT2D eigenvalue weighted by atomic mass is 35.5. The molecule has 20 heavy (non-hydrogen) atoms. The summed E-state index contributed by atoms with van der Waals surface area (Å²) in [5.74, 6) is 1.28. The molecule has 4 nitrogen and oxygen atoms in total. The lowest BCUT2D eigenvalue weighted by molar-refractivity contribution is 0.148. The summed E-state index contributed by atoms with van der Waals surface area (Å²) in [6.07, 6.45) is 0. The number of hydrogen-bond donors (Lipinski definition) is 1. The minimum atomic E-state index is 0.140. The van der Waals surface area contributed by atoms with Gasteiger partial charge in [-0.2, -0.15) is 0 Å². The molecular formula is C15H23ClN2O2. The predicted molar refractivity (Wildman–Crippen MR) is 81.9 cm³/mol. The highest BCUT2D eigenvalue weighted by molar-refractivity contribution is 6.33. The Balaban J connectivity index is 2.17. The Kier molecular flexibility index (Phi) is 4.78. The molecule has 5 heteroatoms. The SMILES string of the molecule is COc1ccc(CN2CCNC(C)(C)C2)c(Cl)c1OC. The maximum atomic E-state index is 6.44. The van der Waals surface area contributed by atoms with E-state index in [4.69, 9.17) is 21.1 Å². The third-order valence-corrected chi connectivity index (χ3v) is 4.02. The monoisotopic (exact) mass is 298 g/mol. The topological polar surface area (TPSA) is 33.7 Å². The minimum absolute atomic E-state index is 0.140. The number of methoxy groups -OCH3 is 2. The fourth-order valence-electron chi connectivity index (χ4n) is 2.67. The van der Waals surface area contributed by atoms with Gasteiger partial charge in [-0.3, -0.25) is 4.90 Å². The first-order chi connectivity index (χ1) is 9.46. The average molecular weight is 299 g/mol. The van der Waals surface area contributed by atoms with Crippen LogP contribution in [0.5, 0.6) is 11.5 Å². The van der Waals surface area contributed by atoms with Crippen molar-refractivity contribution in [2.75, 3.05) is 33.9 Å². The van der Waals surface area contributed by atoms with Gasteiger partial charge in [0, 0.05) is 31.7 Å². The van der Waals surface area contributed by atoms with Gasteiger partial charge >= 0.3 is 0 Å². The number of halogens is 1. The number of benzene rings is 1. The Labute approximate surface area is 126 Å². The first kappa shape index (κ1) is 15.4. The second-order valence-electron chi connectivity index (χ2n) is 5.80. The number of ether oxygens (including phenoxy) is 2. The molecule has 112 valence electrons. The van der Waals surface area contributed by atoms with Crippen LogP contribution in [0.15, 0.2) is 12.1 Å². The molecule has 1 heterocycles. The fourth-order valence-corrected chi connectivity index (χ4v) is 2.97. The van der Waals surface area contributed by atoms with E-state index < -0.39 is 0 Å². The molecule has 0 bridgehead atoms. The predicted octanol–water partition coefficient (Wildman–Crippen LogP) is 2.54. The van der Waals surface area contributed by atoms with Crippen molar-refractivity contribution in [3.63, 3.8) is 0 Å². The normalized spacial score (nSPS) is 18.9. The van der Waals surface area contributed by atoms with Crippen molar-refractivity contribution in [1.29, 1.82) is 0 Å². The Morgan fingerprint density at radius 2 is 2.05 bits per heavy atom. The number of rotatable bonds is 4. The van der Waals surface area contributed by atoms with Crippen LogP contribution in [0.1, 0.15) is 19.4 Å². The molecule has 0 saturated carbocycles. The fraction of sp³-hybridized carbons (Fsp3) is 0.600. The highest BCUT2D eigenvalue weighted by Gasteiger charge is 2.26. The molecule has 0 unspecified atom stereocenters. The summed E-state index contributed by atoms with van der Waals surface area (Å²) in [6.45, 7) is 8.28. The lowest BCUT2D eigenvalue weighted by Crippen LogP contribution is -2.56. The second kappa shape index (κ2) is 6.20. The Morgan fingerprint density at radius 1 is 1.30 bits per heavy atom. The summed E-state index contributed by atoms with van der Waals surface area (Å²) in [4.78, 5) is 2.41. The Hall–Kier alpha value is -0.970. The molecule has 0 amide bonds. The zero-order valence-electron chi connectivity index (χ0n) is 12.6. The third-order valence-electron chi connectivity index (χ3n) is 3.61. The van der Waals surface area contributed by atoms with Gasteiger partial charge in [-0.1, -0.05) is 17.7 Å². The van der Waals surface area contributed by atoms with E-state index in [1.54, 1.807) is 14.2 Å². The zero-order valence-corrected chi connectivity index (χ0v) is 13.4.